The molecule has 16 heavy (non-hydrogen) atoms. The van der Waals surface area contributed by atoms with Crippen molar-refractivity contribution in [3.63, 3.8) is 0 Å². The van der Waals surface area contributed by atoms with Crippen LogP contribution in [-0.2, 0) is 0 Å². The van der Waals surface area contributed by atoms with Crippen molar-refractivity contribution in [2.45, 2.75) is 26.8 Å². The lowest BCUT2D eigenvalue weighted by molar-refractivity contribution is 0.0659. The second-order valence-corrected chi connectivity index (χ2v) is 3.86. The zero-order chi connectivity index (χ0) is 12.1. The van der Waals surface area contributed by atoms with Crippen molar-refractivity contribution in [3.8, 4) is 0 Å². The Hall–Kier alpha value is -1.49. The zero-order valence-corrected chi connectivity index (χ0v) is 9.84. The van der Waals surface area contributed by atoms with Crippen LogP contribution in [0.5, 0.6) is 0 Å². The van der Waals surface area contributed by atoms with E-state index in [1.165, 1.54) is 6.20 Å². The molecule has 0 bridgehead atoms. The minimum absolute atomic E-state index is 0.0303. The summed E-state index contributed by atoms with van der Waals surface area (Å²) < 4.78 is 0. The van der Waals surface area contributed by atoms with E-state index < -0.39 is 0 Å². The summed E-state index contributed by atoms with van der Waals surface area (Å²) in [5, 5.41) is 8.90. The maximum Gasteiger partial charge on any atom is 0.274 e. The third-order valence-electron chi connectivity index (χ3n) is 2.23. The molecule has 1 aromatic heterocycles. The van der Waals surface area contributed by atoms with Gasteiger partial charge in [-0.15, -0.1) is 0 Å². The minimum atomic E-state index is -0.198. The van der Waals surface area contributed by atoms with Crippen LogP contribution in [0.15, 0.2) is 12.4 Å². The van der Waals surface area contributed by atoms with Crippen molar-refractivity contribution in [2.24, 2.45) is 0 Å². The van der Waals surface area contributed by atoms with E-state index in [1.807, 2.05) is 20.8 Å². The summed E-state index contributed by atoms with van der Waals surface area (Å²) in [7, 11) is 0. The van der Waals surface area contributed by atoms with E-state index in [4.69, 9.17) is 5.11 Å². The van der Waals surface area contributed by atoms with Gasteiger partial charge < -0.3 is 10.0 Å². The Bertz CT molecular complexity index is 349. The number of aryl methyl sites for hydroxylation is 1. The molecule has 0 aromatic carbocycles. The van der Waals surface area contributed by atoms with Crippen LogP contribution in [0.1, 0.15) is 30.0 Å². The first-order valence-corrected chi connectivity index (χ1v) is 5.26. The van der Waals surface area contributed by atoms with Crippen LogP contribution in [0.3, 0.4) is 0 Å². The molecule has 0 aliphatic rings. The van der Waals surface area contributed by atoms with Gasteiger partial charge in [0.15, 0.2) is 0 Å². The maximum absolute atomic E-state index is 12.0. The zero-order valence-electron chi connectivity index (χ0n) is 9.84. The first-order valence-electron chi connectivity index (χ1n) is 5.26. The molecule has 1 heterocycles. The highest BCUT2D eigenvalue weighted by Gasteiger charge is 2.19. The van der Waals surface area contributed by atoms with Gasteiger partial charge in [-0.1, -0.05) is 0 Å². The molecule has 1 rings (SSSR count). The SMILES string of the molecule is Cc1cnc(C(=O)N(CCO)C(C)C)cn1. The second-order valence-electron chi connectivity index (χ2n) is 3.86. The first-order chi connectivity index (χ1) is 7.56. The molecule has 5 heteroatoms. The third kappa shape index (κ3) is 3.00. The Morgan fingerprint density at radius 2 is 2.12 bits per heavy atom. The van der Waals surface area contributed by atoms with Gasteiger partial charge in [0.2, 0.25) is 0 Å². The lowest BCUT2D eigenvalue weighted by Gasteiger charge is -2.25. The van der Waals surface area contributed by atoms with Crippen molar-refractivity contribution in [1.29, 1.82) is 0 Å². The number of hydrogen-bond acceptors (Lipinski definition) is 4. The Labute approximate surface area is 95.1 Å². The van der Waals surface area contributed by atoms with E-state index >= 15 is 0 Å². The van der Waals surface area contributed by atoms with Gasteiger partial charge in [-0.3, -0.25) is 9.78 Å². The van der Waals surface area contributed by atoms with Gasteiger partial charge in [0, 0.05) is 18.8 Å². The van der Waals surface area contributed by atoms with Crippen LogP contribution in [0.4, 0.5) is 0 Å². The molecule has 0 fully saturated rings. The van der Waals surface area contributed by atoms with Crippen molar-refractivity contribution in [1.82, 2.24) is 14.9 Å². The number of hydrogen-bond donors (Lipinski definition) is 1. The number of aliphatic hydroxyl groups is 1. The summed E-state index contributed by atoms with van der Waals surface area (Å²) in [6.07, 6.45) is 3.02. The van der Waals surface area contributed by atoms with Crippen molar-refractivity contribution >= 4 is 5.91 Å². The monoisotopic (exact) mass is 223 g/mol. The number of nitrogens with zero attached hydrogens (tertiary/aromatic N) is 3. The highest BCUT2D eigenvalue weighted by Crippen LogP contribution is 2.05. The topological polar surface area (TPSA) is 66.3 Å². The normalized spacial score (nSPS) is 10.6. The lowest BCUT2D eigenvalue weighted by Crippen LogP contribution is -2.39. The summed E-state index contributed by atoms with van der Waals surface area (Å²) in [5.74, 6) is -0.198. The predicted molar refractivity (Wildman–Crippen MR) is 60.0 cm³/mol. The Balaban J connectivity index is 2.86. The quantitative estimate of drug-likeness (QED) is 0.813. The number of carbonyl (C=O) groups is 1. The summed E-state index contributed by atoms with van der Waals surface area (Å²) in [6, 6.07) is 0.0303. The molecule has 5 nitrogen and oxygen atoms in total. The average molecular weight is 223 g/mol. The number of rotatable bonds is 4. The van der Waals surface area contributed by atoms with Gasteiger partial charge in [0.05, 0.1) is 18.5 Å². The van der Waals surface area contributed by atoms with E-state index in [9.17, 15) is 4.79 Å². The Morgan fingerprint density at radius 3 is 2.56 bits per heavy atom. The summed E-state index contributed by atoms with van der Waals surface area (Å²) in [6.45, 7) is 5.87. The largest absolute Gasteiger partial charge is 0.395 e. The standard InChI is InChI=1S/C11H17N3O2/c1-8(2)14(4-5-15)11(16)10-7-12-9(3)6-13-10/h6-8,15H,4-5H2,1-3H3. The fourth-order valence-corrected chi connectivity index (χ4v) is 1.35. The highest BCUT2D eigenvalue weighted by molar-refractivity contribution is 5.92. The Morgan fingerprint density at radius 1 is 1.44 bits per heavy atom. The van der Waals surface area contributed by atoms with Crippen molar-refractivity contribution in [3.05, 3.63) is 23.8 Å². The van der Waals surface area contributed by atoms with Gasteiger partial charge in [-0.25, -0.2) is 4.98 Å². The summed E-state index contributed by atoms with van der Waals surface area (Å²) in [5.41, 5.74) is 1.09. The van der Waals surface area contributed by atoms with E-state index in [1.54, 1.807) is 11.1 Å². The highest BCUT2D eigenvalue weighted by atomic mass is 16.3. The molecule has 0 radical (unpaired) electrons. The average Bonchev–Trinajstić information content (AvgIpc) is 2.25. The number of aliphatic hydroxyl groups excluding tert-OH is 1. The molecule has 0 aliphatic carbocycles. The van der Waals surface area contributed by atoms with Gasteiger partial charge in [-0.2, -0.15) is 0 Å². The molecule has 88 valence electrons. The second kappa shape index (κ2) is 5.55. The van der Waals surface area contributed by atoms with E-state index in [-0.39, 0.29) is 18.6 Å². The molecule has 0 spiro atoms. The molecule has 1 aromatic rings. The molecule has 1 N–H and O–H groups in total. The lowest BCUT2D eigenvalue weighted by atomic mass is 10.2. The van der Waals surface area contributed by atoms with Crippen LogP contribution < -0.4 is 0 Å². The van der Waals surface area contributed by atoms with Crippen molar-refractivity contribution < 1.29 is 9.90 Å². The van der Waals surface area contributed by atoms with Gasteiger partial charge in [0.1, 0.15) is 5.69 Å². The predicted octanol–water partition coefficient (Wildman–Crippen LogP) is 0.628. The fraction of sp³-hybridized carbons (Fsp3) is 0.545. The summed E-state index contributed by atoms with van der Waals surface area (Å²) in [4.78, 5) is 21.6. The van der Waals surface area contributed by atoms with E-state index in [2.05, 4.69) is 9.97 Å². The van der Waals surface area contributed by atoms with Gasteiger partial charge in [-0.05, 0) is 20.8 Å². The molecular weight excluding hydrogens is 206 g/mol. The fourth-order valence-electron chi connectivity index (χ4n) is 1.35. The third-order valence-corrected chi connectivity index (χ3v) is 2.23. The van der Waals surface area contributed by atoms with Gasteiger partial charge >= 0.3 is 0 Å². The Kier molecular flexibility index (Phi) is 4.37. The molecule has 0 unspecified atom stereocenters. The van der Waals surface area contributed by atoms with Crippen LogP contribution in [0.25, 0.3) is 0 Å². The molecular formula is C11H17N3O2. The van der Waals surface area contributed by atoms with Crippen LogP contribution in [0, 0.1) is 6.92 Å². The van der Waals surface area contributed by atoms with Gasteiger partial charge in [0.25, 0.3) is 5.91 Å². The van der Waals surface area contributed by atoms with Crippen molar-refractivity contribution in [2.75, 3.05) is 13.2 Å². The first kappa shape index (κ1) is 12.6. The smallest absolute Gasteiger partial charge is 0.274 e. The van der Waals surface area contributed by atoms with E-state index in [0.29, 0.717) is 12.2 Å². The minimum Gasteiger partial charge on any atom is -0.395 e. The number of aromatic nitrogens is 2. The molecule has 1 amide bonds. The maximum atomic E-state index is 12.0. The molecule has 0 saturated heterocycles. The summed E-state index contributed by atoms with van der Waals surface area (Å²) >= 11 is 0. The molecule has 0 aliphatic heterocycles. The van der Waals surface area contributed by atoms with Crippen LogP contribution >= 0.6 is 0 Å². The van der Waals surface area contributed by atoms with Crippen LogP contribution in [-0.4, -0.2) is 45.1 Å². The number of amides is 1. The number of carbonyl (C=O) groups excluding carboxylic acids is 1. The molecule has 0 saturated carbocycles. The van der Waals surface area contributed by atoms with E-state index in [0.717, 1.165) is 5.69 Å². The molecule has 0 atom stereocenters. The van der Waals surface area contributed by atoms with Crippen LogP contribution in [0.2, 0.25) is 0 Å².